The second-order valence-corrected chi connectivity index (χ2v) is 10.3. The average Bonchev–Trinajstić information content (AvgIpc) is 3.13. The molecule has 0 heterocycles. The number of rotatable bonds is 40. The van der Waals surface area contributed by atoms with Crippen LogP contribution in [-0.4, -0.2) is 169 Å². The predicted molar refractivity (Wildman–Crippen MR) is 183 cm³/mol. The smallest absolute Gasteiger partial charge is 0.305 e. The van der Waals surface area contributed by atoms with Gasteiger partial charge in [-0.2, -0.15) is 0 Å². The zero-order valence-corrected chi connectivity index (χ0v) is 30.2. The van der Waals surface area contributed by atoms with E-state index < -0.39 is 4.92 Å². The maximum atomic E-state index is 11.2. The molecule has 1 rings (SSSR count). The summed E-state index contributed by atoms with van der Waals surface area (Å²) in [4.78, 5) is 21.4. The first-order valence-corrected chi connectivity index (χ1v) is 17.5. The SMILES string of the molecule is CCCC(=O)OCCOCCOCCOCCOCCOCCOCCOCCOCCOCCOCCOCCOc1ccc([N+](=O)[O-])cc1. The number of nitrogens with zero attached hydrogens (tertiary/aromatic N) is 1. The minimum atomic E-state index is -0.454. The van der Waals surface area contributed by atoms with Gasteiger partial charge in [-0.15, -0.1) is 0 Å². The monoisotopic (exact) mass is 737 g/mol. The first-order valence-electron chi connectivity index (χ1n) is 17.5. The largest absolute Gasteiger partial charge is 0.491 e. The van der Waals surface area contributed by atoms with E-state index in [0.717, 1.165) is 6.42 Å². The van der Waals surface area contributed by atoms with Gasteiger partial charge in [0.05, 0.1) is 150 Å². The van der Waals surface area contributed by atoms with Crippen molar-refractivity contribution >= 4 is 11.7 Å². The van der Waals surface area contributed by atoms with Crippen LogP contribution in [0.1, 0.15) is 19.8 Å². The van der Waals surface area contributed by atoms with Gasteiger partial charge in [0.15, 0.2) is 0 Å². The maximum Gasteiger partial charge on any atom is 0.305 e. The number of benzene rings is 1. The molecule has 1 aromatic carbocycles. The maximum absolute atomic E-state index is 11.2. The summed E-state index contributed by atoms with van der Waals surface area (Å²) in [5, 5.41) is 10.6. The molecule has 1 aromatic rings. The van der Waals surface area contributed by atoms with Crippen LogP contribution < -0.4 is 4.74 Å². The van der Waals surface area contributed by atoms with E-state index in [0.29, 0.717) is 164 Å². The van der Waals surface area contributed by atoms with Crippen LogP contribution in [0.15, 0.2) is 24.3 Å². The molecule has 0 aliphatic rings. The average molecular weight is 738 g/mol. The predicted octanol–water partition coefficient (Wildman–Crippen LogP) is 2.50. The van der Waals surface area contributed by atoms with Crippen molar-refractivity contribution in [2.75, 3.05) is 159 Å². The minimum absolute atomic E-state index is 0.0222. The molecule has 296 valence electrons. The van der Waals surface area contributed by atoms with Crippen molar-refractivity contribution in [1.82, 2.24) is 0 Å². The topological polar surface area (TPSA) is 180 Å². The summed E-state index contributed by atoms with van der Waals surface area (Å²) >= 11 is 0. The zero-order chi connectivity index (χ0) is 36.7. The lowest BCUT2D eigenvalue weighted by molar-refractivity contribution is -0.384. The minimum Gasteiger partial charge on any atom is -0.491 e. The van der Waals surface area contributed by atoms with Gasteiger partial charge in [0.1, 0.15) is 19.0 Å². The Balaban J connectivity index is 1.64. The van der Waals surface area contributed by atoms with E-state index in [-0.39, 0.29) is 18.3 Å². The van der Waals surface area contributed by atoms with Crippen LogP contribution in [0.2, 0.25) is 0 Å². The van der Waals surface area contributed by atoms with Crippen LogP contribution in [0, 0.1) is 10.1 Å². The molecule has 0 radical (unpaired) electrons. The number of nitro groups is 1. The Morgan fingerprint density at radius 3 is 1.02 bits per heavy atom. The van der Waals surface area contributed by atoms with Crippen LogP contribution in [0.25, 0.3) is 0 Å². The van der Waals surface area contributed by atoms with Gasteiger partial charge in [0, 0.05) is 18.6 Å². The molecule has 17 nitrogen and oxygen atoms in total. The normalized spacial score (nSPS) is 11.2. The highest BCUT2D eigenvalue weighted by atomic mass is 16.6. The standard InChI is InChI=1S/C34H59NO16/c1-2-3-34(36)51-31-29-49-27-25-47-23-21-45-19-17-43-15-13-41-11-9-39-8-10-40-12-14-42-16-18-44-20-22-46-24-26-48-28-30-50-33-6-4-32(5-7-33)35(37)38/h4-7H,2-3,8-31H2,1H3. The van der Waals surface area contributed by atoms with Gasteiger partial charge in [0.25, 0.3) is 5.69 Å². The number of carbonyl (C=O) groups excluding carboxylic acids is 1. The van der Waals surface area contributed by atoms with Crippen LogP contribution in [0.3, 0.4) is 0 Å². The molecule has 0 amide bonds. The summed E-state index contributed by atoms with van der Waals surface area (Å²) < 4.78 is 70.3. The van der Waals surface area contributed by atoms with Gasteiger partial charge in [-0.25, -0.2) is 0 Å². The summed E-state index contributed by atoms with van der Waals surface area (Å²) in [5.41, 5.74) is 0.0222. The van der Waals surface area contributed by atoms with E-state index >= 15 is 0 Å². The summed E-state index contributed by atoms with van der Waals surface area (Å²) in [6, 6.07) is 5.90. The second-order valence-electron chi connectivity index (χ2n) is 10.3. The number of carbonyl (C=O) groups is 1. The van der Waals surface area contributed by atoms with Crippen molar-refractivity contribution in [3.05, 3.63) is 34.4 Å². The second kappa shape index (κ2) is 37.2. The third-order valence-electron chi connectivity index (χ3n) is 6.21. The highest BCUT2D eigenvalue weighted by Crippen LogP contribution is 2.17. The van der Waals surface area contributed by atoms with Crippen molar-refractivity contribution in [2.45, 2.75) is 19.8 Å². The first-order chi connectivity index (χ1) is 25.1. The third-order valence-corrected chi connectivity index (χ3v) is 6.21. The van der Waals surface area contributed by atoms with Crippen LogP contribution in [0.4, 0.5) is 5.69 Å². The number of ether oxygens (including phenoxy) is 13. The van der Waals surface area contributed by atoms with Crippen LogP contribution >= 0.6 is 0 Å². The van der Waals surface area contributed by atoms with Crippen molar-refractivity contribution in [1.29, 1.82) is 0 Å². The van der Waals surface area contributed by atoms with E-state index in [1.807, 2.05) is 6.92 Å². The number of nitro benzene ring substituents is 1. The molecular weight excluding hydrogens is 678 g/mol. The molecule has 0 fully saturated rings. The molecule has 0 saturated carbocycles. The number of esters is 1. The molecule has 51 heavy (non-hydrogen) atoms. The Labute approximate surface area is 301 Å². The lowest BCUT2D eigenvalue weighted by Crippen LogP contribution is -2.15. The van der Waals surface area contributed by atoms with E-state index in [1.54, 1.807) is 12.1 Å². The molecule has 0 atom stereocenters. The fourth-order valence-corrected chi connectivity index (χ4v) is 3.67. The number of hydrogen-bond donors (Lipinski definition) is 0. The van der Waals surface area contributed by atoms with E-state index in [9.17, 15) is 14.9 Å². The molecular formula is C34H59NO16. The summed E-state index contributed by atoms with van der Waals surface area (Å²) in [6.07, 6.45) is 1.21. The van der Waals surface area contributed by atoms with E-state index in [2.05, 4.69) is 0 Å². The van der Waals surface area contributed by atoms with Gasteiger partial charge in [0.2, 0.25) is 0 Å². The van der Waals surface area contributed by atoms with Gasteiger partial charge in [-0.1, -0.05) is 6.92 Å². The Morgan fingerprint density at radius 1 is 0.471 bits per heavy atom. The lowest BCUT2D eigenvalue weighted by atomic mass is 10.3. The van der Waals surface area contributed by atoms with Gasteiger partial charge in [-0.05, 0) is 18.6 Å². The Hall–Kier alpha value is -2.55. The summed E-state index contributed by atoms with van der Waals surface area (Å²) in [5.74, 6) is 0.357. The lowest BCUT2D eigenvalue weighted by Gasteiger charge is -2.09. The highest BCUT2D eigenvalue weighted by Gasteiger charge is 2.04. The molecule has 0 aliphatic carbocycles. The molecule has 0 bridgehead atoms. The van der Waals surface area contributed by atoms with Gasteiger partial charge < -0.3 is 61.6 Å². The molecule has 0 aliphatic heterocycles. The molecule has 0 N–H and O–H groups in total. The number of hydrogen-bond acceptors (Lipinski definition) is 16. The van der Waals surface area contributed by atoms with Crippen molar-refractivity contribution in [2.24, 2.45) is 0 Å². The van der Waals surface area contributed by atoms with Crippen LogP contribution in [-0.2, 0) is 61.6 Å². The molecule has 17 heteroatoms. The Bertz CT molecular complexity index is 911. The fraction of sp³-hybridized carbons (Fsp3) is 0.794. The van der Waals surface area contributed by atoms with Crippen LogP contribution in [0.5, 0.6) is 5.75 Å². The highest BCUT2D eigenvalue weighted by molar-refractivity contribution is 5.69. The fourth-order valence-electron chi connectivity index (χ4n) is 3.67. The summed E-state index contributed by atoms with van der Waals surface area (Å²) in [7, 11) is 0. The summed E-state index contributed by atoms with van der Waals surface area (Å²) in [6.45, 7) is 12.7. The van der Waals surface area contributed by atoms with Gasteiger partial charge in [-0.3, -0.25) is 14.9 Å². The Kier molecular flexibility index (Phi) is 33.9. The van der Waals surface area contributed by atoms with Crippen molar-refractivity contribution in [3.8, 4) is 5.75 Å². The molecule has 0 spiro atoms. The molecule has 0 saturated heterocycles. The van der Waals surface area contributed by atoms with Crippen molar-refractivity contribution in [3.63, 3.8) is 0 Å². The first kappa shape index (κ1) is 46.5. The Morgan fingerprint density at radius 2 is 0.745 bits per heavy atom. The number of non-ortho nitro benzene ring substituents is 1. The van der Waals surface area contributed by atoms with E-state index in [4.69, 9.17) is 61.6 Å². The molecule has 0 unspecified atom stereocenters. The van der Waals surface area contributed by atoms with Crippen molar-refractivity contribution < 1.29 is 71.3 Å². The molecule has 0 aromatic heterocycles. The van der Waals surface area contributed by atoms with E-state index in [1.165, 1.54) is 12.1 Å². The zero-order valence-electron chi connectivity index (χ0n) is 30.2. The third kappa shape index (κ3) is 33.1. The quantitative estimate of drug-likeness (QED) is 0.0415. The van der Waals surface area contributed by atoms with Gasteiger partial charge >= 0.3 is 5.97 Å².